The van der Waals surface area contributed by atoms with Crippen LogP contribution in [0.25, 0.3) is 0 Å². The predicted molar refractivity (Wildman–Crippen MR) is 67.1 cm³/mol. The fourth-order valence-electron chi connectivity index (χ4n) is 1.34. The van der Waals surface area contributed by atoms with Gasteiger partial charge < -0.3 is 14.4 Å². The molecular weight excluding hydrogens is 188 g/mol. The number of hydrogen-bond donors (Lipinski definition) is 0. The van der Waals surface area contributed by atoms with E-state index in [0.717, 1.165) is 8.97 Å². The van der Waals surface area contributed by atoms with E-state index in [1.54, 1.807) is 0 Å². The van der Waals surface area contributed by atoms with Crippen molar-refractivity contribution in [3.63, 3.8) is 0 Å². The molecule has 0 rings (SSSR count). The van der Waals surface area contributed by atoms with E-state index < -0.39 is 0 Å². The molecule has 0 aromatic carbocycles. The van der Waals surface area contributed by atoms with Crippen molar-refractivity contribution >= 4 is 0 Å². The van der Waals surface area contributed by atoms with E-state index in [1.165, 1.54) is 25.9 Å². The predicted octanol–water partition coefficient (Wildman–Crippen LogP) is 2.09. The van der Waals surface area contributed by atoms with Gasteiger partial charge in [0.05, 0.1) is 55.4 Å². The van der Waals surface area contributed by atoms with Crippen LogP contribution in [0.1, 0.15) is 26.7 Å². The van der Waals surface area contributed by atoms with E-state index in [2.05, 4.69) is 56.1 Å². The van der Waals surface area contributed by atoms with Gasteiger partial charge in [-0.2, -0.15) is 0 Å². The van der Waals surface area contributed by atoms with Crippen molar-refractivity contribution in [2.75, 3.05) is 55.4 Å². The molecule has 0 aliphatic rings. The Hall–Kier alpha value is -0.120. The van der Waals surface area contributed by atoms with Gasteiger partial charge in [-0.1, -0.05) is 13.8 Å². The van der Waals surface area contributed by atoms with Crippen LogP contribution in [0.2, 0.25) is 0 Å². The van der Waals surface area contributed by atoms with E-state index in [-0.39, 0.29) is 5.48 Å². The lowest BCUT2D eigenvalue weighted by atomic mass is 10.4. The first kappa shape index (κ1) is 20.3. The molecule has 0 aliphatic carbocycles. The summed E-state index contributed by atoms with van der Waals surface area (Å²) in [6.07, 6.45) is 2.56. The summed E-state index contributed by atoms with van der Waals surface area (Å²) in [7, 11) is 13.3. The molecule has 0 aromatic rings. The van der Waals surface area contributed by atoms with Crippen LogP contribution in [0.3, 0.4) is 0 Å². The quantitative estimate of drug-likeness (QED) is 0.649. The molecule has 0 atom stereocenters. The third-order valence-corrected chi connectivity index (χ3v) is 1.79. The average Bonchev–Trinajstić information content (AvgIpc) is 1.81. The zero-order valence-corrected chi connectivity index (χ0v) is 12.1. The minimum Gasteiger partial charge on any atom is -2.00 e. The Labute approximate surface area is 97.2 Å². The van der Waals surface area contributed by atoms with Crippen LogP contribution in [0.4, 0.5) is 0 Å². The van der Waals surface area contributed by atoms with Crippen LogP contribution < -0.4 is 0 Å². The SMILES string of the molecule is CCC[N+](C)(C)C.CCC[N+](C)(C)C.[O-2]. The number of nitrogens with zero attached hydrogens (tertiary/aromatic N) is 2. The van der Waals surface area contributed by atoms with Gasteiger partial charge in [0.2, 0.25) is 0 Å². The van der Waals surface area contributed by atoms with E-state index >= 15 is 0 Å². The van der Waals surface area contributed by atoms with Crippen LogP contribution in [-0.4, -0.2) is 64.3 Å². The second kappa shape index (κ2) is 9.13. The number of rotatable bonds is 4. The van der Waals surface area contributed by atoms with E-state index in [4.69, 9.17) is 0 Å². The number of quaternary nitrogens is 2. The summed E-state index contributed by atoms with van der Waals surface area (Å²) in [5.74, 6) is 0. The van der Waals surface area contributed by atoms with E-state index in [1.807, 2.05) is 0 Å². The van der Waals surface area contributed by atoms with Crippen LogP contribution in [0.15, 0.2) is 0 Å². The first-order chi connectivity index (χ1) is 6.12. The van der Waals surface area contributed by atoms with Crippen LogP contribution in [0, 0.1) is 0 Å². The highest BCUT2D eigenvalue weighted by Gasteiger charge is 2.01. The summed E-state index contributed by atoms with van der Waals surface area (Å²) in [6.45, 7) is 6.98. The molecule has 0 unspecified atom stereocenters. The molecule has 3 heteroatoms. The molecule has 96 valence electrons. The summed E-state index contributed by atoms with van der Waals surface area (Å²) in [5.41, 5.74) is 0. The fraction of sp³-hybridized carbons (Fsp3) is 1.00. The highest BCUT2D eigenvalue weighted by Crippen LogP contribution is 1.90. The standard InChI is InChI=1S/2C6H16N.O/c2*1-5-6-7(2,3)4;/h2*5-6H2,1-4H3;/q2*+1;-2. The Morgan fingerprint density at radius 1 is 0.600 bits per heavy atom. The highest BCUT2D eigenvalue weighted by molar-refractivity contribution is 4.21. The summed E-state index contributed by atoms with van der Waals surface area (Å²) < 4.78 is 2.19. The first-order valence-corrected chi connectivity index (χ1v) is 5.73. The minimum absolute atomic E-state index is 0. The largest absolute Gasteiger partial charge is 2.00 e. The molecule has 0 saturated heterocycles. The first-order valence-electron chi connectivity index (χ1n) is 5.73. The molecular formula is C12H32N2O. The smallest absolute Gasteiger partial charge is 0.0777 e. The lowest BCUT2D eigenvalue weighted by molar-refractivity contribution is -0.870. The fourth-order valence-corrected chi connectivity index (χ4v) is 1.34. The summed E-state index contributed by atoms with van der Waals surface area (Å²) >= 11 is 0. The van der Waals surface area contributed by atoms with Gasteiger partial charge in [0.25, 0.3) is 0 Å². The number of hydrogen-bond acceptors (Lipinski definition) is 0. The van der Waals surface area contributed by atoms with Gasteiger partial charge in [-0.05, 0) is 12.8 Å². The van der Waals surface area contributed by atoms with Crippen molar-refractivity contribution in [1.82, 2.24) is 0 Å². The molecule has 0 fully saturated rings. The second-order valence-electron chi connectivity index (χ2n) is 6.03. The normalized spacial score (nSPS) is 11.2. The second-order valence-corrected chi connectivity index (χ2v) is 6.03. The van der Waals surface area contributed by atoms with E-state index in [0.29, 0.717) is 0 Å². The molecule has 0 N–H and O–H groups in total. The maximum atomic E-state index is 2.21. The topological polar surface area (TPSA) is 28.5 Å². The Morgan fingerprint density at radius 3 is 0.800 bits per heavy atom. The lowest BCUT2D eigenvalue weighted by Crippen LogP contribution is -2.34. The van der Waals surface area contributed by atoms with Gasteiger partial charge >= 0.3 is 0 Å². The van der Waals surface area contributed by atoms with Crippen molar-refractivity contribution in [2.45, 2.75) is 26.7 Å². The van der Waals surface area contributed by atoms with Crippen LogP contribution in [0.5, 0.6) is 0 Å². The molecule has 0 aliphatic heterocycles. The van der Waals surface area contributed by atoms with Gasteiger partial charge in [-0.3, -0.25) is 0 Å². The van der Waals surface area contributed by atoms with Crippen molar-refractivity contribution in [2.24, 2.45) is 0 Å². The van der Waals surface area contributed by atoms with Crippen LogP contribution >= 0.6 is 0 Å². The van der Waals surface area contributed by atoms with Gasteiger partial charge in [0, 0.05) is 0 Å². The Bertz CT molecular complexity index is 107. The van der Waals surface area contributed by atoms with Gasteiger partial charge in [-0.25, -0.2) is 0 Å². The molecule has 0 saturated carbocycles. The molecule has 0 aromatic heterocycles. The molecule has 0 spiro atoms. The van der Waals surface area contributed by atoms with E-state index in [9.17, 15) is 0 Å². The monoisotopic (exact) mass is 220 g/mol. The molecule has 3 nitrogen and oxygen atoms in total. The van der Waals surface area contributed by atoms with Crippen molar-refractivity contribution in [3.8, 4) is 0 Å². The van der Waals surface area contributed by atoms with Crippen LogP contribution in [-0.2, 0) is 5.48 Å². The summed E-state index contributed by atoms with van der Waals surface area (Å²) in [6, 6.07) is 0. The minimum atomic E-state index is 0. The maximum absolute atomic E-state index is 2.21. The van der Waals surface area contributed by atoms with Gasteiger partial charge in [0.1, 0.15) is 0 Å². The lowest BCUT2D eigenvalue weighted by Gasteiger charge is -2.22. The third-order valence-electron chi connectivity index (χ3n) is 1.79. The maximum Gasteiger partial charge on any atom is 0.0777 e. The molecule has 0 bridgehead atoms. The molecule has 0 heterocycles. The van der Waals surface area contributed by atoms with Crippen molar-refractivity contribution in [3.05, 3.63) is 0 Å². The van der Waals surface area contributed by atoms with Crippen molar-refractivity contribution < 1.29 is 14.4 Å². The Balaban J connectivity index is -0.000000180. The molecule has 0 radical (unpaired) electrons. The zero-order chi connectivity index (χ0) is 11.8. The Kier molecular flexibility index (Phi) is 12.4. The average molecular weight is 220 g/mol. The highest BCUT2D eigenvalue weighted by atomic mass is 16.0. The third kappa shape index (κ3) is 31.5. The summed E-state index contributed by atoms with van der Waals surface area (Å²) in [4.78, 5) is 0. The van der Waals surface area contributed by atoms with Gasteiger partial charge in [-0.15, -0.1) is 0 Å². The summed E-state index contributed by atoms with van der Waals surface area (Å²) in [5, 5.41) is 0. The molecule has 0 amide bonds. The Morgan fingerprint density at radius 2 is 0.800 bits per heavy atom. The zero-order valence-electron chi connectivity index (χ0n) is 12.1. The van der Waals surface area contributed by atoms with Crippen molar-refractivity contribution in [1.29, 1.82) is 0 Å². The molecule has 15 heavy (non-hydrogen) atoms. The van der Waals surface area contributed by atoms with Gasteiger partial charge in [0.15, 0.2) is 0 Å².